The van der Waals surface area contributed by atoms with Crippen molar-refractivity contribution in [1.82, 2.24) is 9.38 Å². The molecule has 0 radical (unpaired) electrons. The monoisotopic (exact) mass is 273 g/mol. The highest BCUT2D eigenvalue weighted by atomic mass is 19.1. The van der Waals surface area contributed by atoms with Gasteiger partial charge < -0.3 is 5.32 Å². The molecule has 1 N–H and O–H groups in total. The molecular weight excluding hydrogens is 260 g/mol. The first kappa shape index (κ1) is 12.6. The average Bonchev–Trinajstić information content (AvgIpc) is 2.86. The van der Waals surface area contributed by atoms with Crippen LogP contribution < -0.4 is 5.32 Å². The van der Waals surface area contributed by atoms with E-state index in [1.54, 1.807) is 6.20 Å². The van der Waals surface area contributed by atoms with Crippen LogP contribution in [0.3, 0.4) is 0 Å². The third-order valence-corrected chi connectivity index (χ3v) is 3.07. The highest BCUT2D eigenvalue weighted by molar-refractivity contribution is 5.49. The second-order valence-corrected chi connectivity index (χ2v) is 4.52. The van der Waals surface area contributed by atoms with Gasteiger partial charge in [0, 0.05) is 25.0 Å². The minimum absolute atomic E-state index is 0.541. The predicted octanol–water partition coefficient (Wildman–Crippen LogP) is 3.27. The van der Waals surface area contributed by atoms with E-state index in [0.717, 1.165) is 17.5 Å². The number of rotatable bonds is 4. The van der Waals surface area contributed by atoms with Crippen LogP contribution in [0.25, 0.3) is 5.65 Å². The lowest BCUT2D eigenvalue weighted by molar-refractivity contribution is 0.580. The molecule has 102 valence electrons. The van der Waals surface area contributed by atoms with Crippen molar-refractivity contribution in [3.63, 3.8) is 0 Å². The SMILES string of the molecule is Fc1cc(F)cc(CCNc2cccc3nccn23)c1. The summed E-state index contributed by atoms with van der Waals surface area (Å²) in [7, 11) is 0. The molecule has 0 atom stereocenters. The van der Waals surface area contributed by atoms with E-state index in [1.165, 1.54) is 12.1 Å². The number of fused-ring (bicyclic) bond motifs is 1. The molecule has 3 aromatic rings. The predicted molar refractivity (Wildman–Crippen MR) is 73.7 cm³/mol. The molecule has 0 spiro atoms. The van der Waals surface area contributed by atoms with E-state index >= 15 is 0 Å². The first-order valence-corrected chi connectivity index (χ1v) is 6.33. The third kappa shape index (κ3) is 2.61. The Hall–Kier alpha value is -2.43. The fourth-order valence-corrected chi connectivity index (χ4v) is 2.18. The van der Waals surface area contributed by atoms with Crippen LogP contribution in [0.15, 0.2) is 48.8 Å². The maximum absolute atomic E-state index is 13.1. The Labute approximate surface area is 114 Å². The normalized spacial score (nSPS) is 10.9. The highest BCUT2D eigenvalue weighted by Crippen LogP contribution is 2.12. The second kappa shape index (κ2) is 5.28. The van der Waals surface area contributed by atoms with Crippen molar-refractivity contribution in [1.29, 1.82) is 0 Å². The minimum Gasteiger partial charge on any atom is -0.371 e. The van der Waals surface area contributed by atoms with Gasteiger partial charge in [-0.3, -0.25) is 4.40 Å². The van der Waals surface area contributed by atoms with Crippen molar-refractivity contribution in [2.24, 2.45) is 0 Å². The number of hydrogen-bond donors (Lipinski definition) is 1. The van der Waals surface area contributed by atoms with Crippen LogP contribution in [0.1, 0.15) is 5.56 Å². The molecule has 0 saturated carbocycles. The molecule has 0 aliphatic rings. The molecule has 0 aliphatic carbocycles. The van der Waals surface area contributed by atoms with E-state index in [9.17, 15) is 8.78 Å². The number of nitrogens with one attached hydrogen (secondary N) is 1. The summed E-state index contributed by atoms with van der Waals surface area (Å²) >= 11 is 0. The molecule has 1 aromatic carbocycles. The Bertz CT molecular complexity index is 717. The smallest absolute Gasteiger partial charge is 0.138 e. The van der Waals surface area contributed by atoms with Gasteiger partial charge in [0.15, 0.2) is 0 Å². The molecule has 5 heteroatoms. The van der Waals surface area contributed by atoms with Gasteiger partial charge in [0.1, 0.15) is 23.1 Å². The van der Waals surface area contributed by atoms with Crippen LogP contribution >= 0.6 is 0 Å². The lowest BCUT2D eigenvalue weighted by Crippen LogP contribution is -2.08. The van der Waals surface area contributed by atoms with Gasteiger partial charge in [-0.1, -0.05) is 6.07 Å². The van der Waals surface area contributed by atoms with Crippen molar-refractivity contribution in [3.8, 4) is 0 Å². The van der Waals surface area contributed by atoms with E-state index in [1.807, 2.05) is 28.8 Å². The first-order chi connectivity index (χ1) is 9.72. The zero-order chi connectivity index (χ0) is 13.9. The van der Waals surface area contributed by atoms with E-state index in [4.69, 9.17) is 0 Å². The first-order valence-electron chi connectivity index (χ1n) is 6.33. The highest BCUT2D eigenvalue weighted by Gasteiger charge is 2.02. The largest absolute Gasteiger partial charge is 0.371 e. The molecule has 2 aromatic heterocycles. The zero-order valence-corrected chi connectivity index (χ0v) is 10.7. The molecule has 0 saturated heterocycles. The fraction of sp³-hybridized carbons (Fsp3) is 0.133. The lowest BCUT2D eigenvalue weighted by atomic mass is 10.1. The number of nitrogens with zero attached hydrogens (tertiary/aromatic N) is 2. The maximum Gasteiger partial charge on any atom is 0.138 e. The van der Waals surface area contributed by atoms with Crippen molar-refractivity contribution < 1.29 is 8.78 Å². The van der Waals surface area contributed by atoms with Gasteiger partial charge in [0.25, 0.3) is 0 Å². The Morgan fingerprint density at radius 1 is 1.10 bits per heavy atom. The summed E-state index contributed by atoms with van der Waals surface area (Å²) in [5.74, 6) is -0.190. The van der Waals surface area contributed by atoms with Gasteiger partial charge in [0.05, 0.1) is 0 Å². The Morgan fingerprint density at radius 2 is 1.90 bits per heavy atom. The van der Waals surface area contributed by atoms with Crippen LogP contribution in [0.2, 0.25) is 0 Å². The number of hydrogen-bond acceptors (Lipinski definition) is 2. The van der Waals surface area contributed by atoms with Gasteiger partial charge in [-0.05, 0) is 36.2 Å². The van der Waals surface area contributed by atoms with E-state index in [0.29, 0.717) is 18.5 Å². The summed E-state index contributed by atoms with van der Waals surface area (Å²) in [6.45, 7) is 0.584. The average molecular weight is 273 g/mol. The van der Waals surface area contributed by atoms with Gasteiger partial charge in [-0.2, -0.15) is 0 Å². The van der Waals surface area contributed by atoms with E-state index < -0.39 is 11.6 Å². The van der Waals surface area contributed by atoms with Crippen LogP contribution in [-0.4, -0.2) is 15.9 Å². The van der Waals surface area contributed by atoms with Gasteiger partial charge in [-0.15, -0.1) is 0 Å². The molecule has 3 rings (SSSR count). The quantitative estimate of drug-likeness (QED) is 0.790. The summed E-state index contributed by atoms with van der Waals surface area (Å²) < 4.78 is 28.1. The topological polar surface area (TPSA) is 29.3 Å². The van der Waals surface area contributed by atoms with Gasteiger partial charge in [-0.25, -0.2) is 13.8 Å². The Morgan fingerprint density at radius 3 is 2.70 bits per heavy atom. The number of pyridine rings is 1. The van der Waals surface area contributed by atoms with Gasteiger partial charge >= 0.3 is 0 Å². The fourth-order valence-electron chi connectivity index (χ4n) is 2.18. The molecule has 0 aliphatic heterocycles. The third-order valence-electron chi connectivity index (χ3n) is 3.07. The molecule has 3 nitrogen and oxygen atoms in total. The van der Waals surface area contributed by atoms with Crippen molar-refractivity contribution in [3.05, 3.63) is 66.0 Å². The zero-order valence-electron chi connectivity index (χ0n) is 10.7. The summed E-state index contributed by atoms with van der Waals surface area (Å²) in [6.07, 6.45) is 4.13. The minimum atomic E-state index is -0.545. The van der Waals surface area contributed by atoms with Crippen LogP contribution in [0.5, 0.6) is 0 Å². The molecule has 0 unspecified atom stereocenters. The molecule has 20 heavy (non-hydrogen) atoms. The van der Waals surface area contributed by atoms with Crippen molar-refractivity contribution in [2.45, 2.75) is 6.42 Å². The number of halogens is 2. The molecular formula is C15H13F2N3. The van der Waals surface area contributed by atoms with Crippen LogP contribution in [-0.2, 0) is 6.42 Å². The lowest BCUT2D eigenvalue weighted by Gasteiger charge is -2.09. The summed E-state index contributed by atoms with van der Waals surface area (Å²) in [6, 6.07) is 9.33. The summed E-state index contributed by atoms with van der Waals surface area (Å²) in [5, 5.41) is 3.24. The van der Waals surface area contributed by atoms with Crippen LogP contribution in [0, 0.1) is 11.6 Å². The number of aromatic nitrogens is 2. The van der Waals surface area contributed by atoms with E-state index in [-0.39, 0.29) is 0 Å². The van der Waals surface area contributed by atoms with Crippen molar-refractivity contribution >= 4 is 11.5 Å². The molecule has 2 heterocycles. The number of benzene rings is 1. The molecule has 0 bridgehead atoms. The molecule has 0 fully saturated rings. The number of anilines is 1. The standard InChI is InChI=1S/C15H13F2N3/c16-12-8-11(9-13(17)10-12)4-5-18-14-2-1-3-15-19-6-7-20(14)15/h1-3,6-10,18H,4-5H2. The number of imidazole rings is 1. The maximum atomic E-state index is 13.1. The second-order valence-electron chi connectivity index (χ2n) is 4.52. The van der Waals surface area contributed by atoms with Crippen molar-refractivity contribution in [2.75, 3.05) is 11.9 Å². The van der Waals surface area contributed by atoms with Crippen LogP contribution in [0.4, 0.5) is 14.6 Å². The summed E-state index contributed by atoms with van der Waals surface area (Å²) in [4.78, 5) is 4.19. The molecule has 0 amide bonds. The Kier molecular flexibility index (Phi) is 3.33. The van der Waals surface area contributed by atoms with Gasteiger partial charge in [0.2, 0.25) is 0 Å². The Balaban J connectivity index is 1.69. The van der Waals surface area contributed by atoms with E-state index in [2.05, 4.69) is 10.3 Å². The summed E-state index contributed by atoms with van der Waals surface area (Å²) in [5.41, 5.74) is 1.49.